The van der Waals surface area contributed by atoms with Crippen molar-refractivity contribution in [2.45, 2.75) is 12.6 Å². The van der Waals surface area contributed by atoms with E-state index in [0.717, 1.165) is 16.6 Å². The normalized spacial score (nSPS) is 11.9. The minimum Gasteiger partial charge on any atom is -0.508 e. The third-order valence-corrected chi connectivity index (χ3v) is 6.37. The van der Waals surface area contributed by atoms with Gasteiger partial charge in [0.1, 0.15) is 36.8 Å². The number of anilines is 2. The zero-order valence-electron chi connectivity index (χ0n) is 23.3. The molecule has 5 aromatic rings. The summed E-state index contributed by atoms with van der Waals surface area (Å²) < 4.78 is 23.6. The van der Waals surface area contributed by atoms with E-state index in [9.17, 15) is 10.2 Å². The number of fused-ring (bicyclic) bond motifs is 1. The van der Waals surface area contributed by atoms with Crippen molar-refractivity contribution in [3.8, 4) is 28.5 Å². The minimum absolute atomic E-state index is 0.0947. The van der Waals surface area contributed by atoms with Crippen LogP contribution in [0, 0.1) is 0 Å². The molecule has 0 radical (unpaired) electrons. The van der Waals surface area contributed by atoms with E-state index >= 15 is 0 Å². The molecule has 0 aliphatic carbocycles. The van der Waals surface area contributed by atoms with E-state index in [1.165, 1.54) is 12.4 Å². The molecule has 5 rings (SSSR count). The van der Waals surface area contributed by atoms with E-state index < -0.39 is 6.10 Å². The molecule has 1 unspecified atom stereocenters. The second-order valence-corrected chi connectivity index (χ2v) is 9.36. The van der Waals surface area contributed by atoms with E-state index in [-0.39, 0.29) is 12.3 Å². The van der Waals surface area contributed by atoms with Crippen molar-refractivity contribution in [2.24, 2.45) is 0 Å². The first-order valence-corrected chi connectivity index (χ1v) is 13.3. The third kappa shape index (κ3) is 7.10. The molecule has 3 aromatic carbocycles. The molecule has 0 spiro atoms. The van der Waals surface area contributed by atoms with Crippen LogP contribution in [-0.4, -0.2) is 75.8 Å². The molecular weight excluding hydrogens is 540 g/mol. The molecular formula is C30H32N6O6. The standard InChI is InChI=1S/C30H32N6O6/c1-39-9-11-41-28-15-24-25(16-29(28)42-12-10-40-2)31-19-32-30(24)33-22-7-3-5-20(13-22)26-17-36(35-34-26)18-27(38)21-6-4-8-23(37)14-21/h3-8,13-17,19,27,37-38H,9-12,18H2,1-2H3,(H,31,32,33). The summed E-state index contributed by atoms with van der Waals surface area (Å²) in [5.41, 5.74) is 3.53. The molecule has 218 valence electrons. The number of aliphatic hydroxyl groups is 1. The van der Waals surface area contributed by atoms with Crippen LogP contribution in [0.4, 0.5) is 11.5 Å². The molecule has 2 aromatic heterocycles. The number of benzene rings is 3. The van der Waals surface area contributed by atoms with E-state index in [1.54, 1.807) is 43.3 Å². The van der Waals surface area contributed by atoms with Crippen molar-refractivity contribution >= 4 is 22.4 Å². The SMILES string of the molecule is COCCOc1cc2ncnc(Nc3cccc(-c4cn(CC(O)c5cccc(O)c5)nn4)c3)c2cc1OCCOC. The maximum atomic E-state index is 10.6. The van der Waals surface area contributed by atoms with Crippen LogP contribution in [0.2, 0.25) is 0 Å². The molecule has 0 saturated carbocycles. The van der Waals surface area contributed by atoms with Gasteiger partial charge in [-0.1, -0.05) is 29.5 Å². The Morgan fingerprint density at radius 2 is 1.64 bits per heavy atom. The van der Waals surface area contributed by atoms with E-state index in [4.69, 9.17) is 18.9 Å². The highest BCUT2D eigenvalue weighted by atomic mass is 16.5. The Morgan fingerprint density at radius 1 is 0.881 bits per heavy atom. The smallest absolute Gasteiger partial charge is 0.163 e. The van der Waals surface area contributed by atoms with E-state index in [0.29, 0.717) is 60.5 Å². The van der Waals surface area contributed by atoms with Crippen LogP contribution >= 0.6 is 0 Å². The zero-order valence-corrected chi connectivity index (χ0v) is 23.3. The fourth-order valence-corrected chi connectivity index (χ4v) is 4.29. The number of ether oxygens (including phenoxy) is 4. The van der Waals surface area contributed by atoms with Gasteiger partial charge in [0.05, 0.1) is 37.6 Å². The summed E-state index contributed by atoms with van der Waals surface area (Å²) in [5.74, 6) is 1.79. The summed E-state index contributed by atoms with van der Waals surface area (Å²) in [4.78, 5) is 8.91. The lowest BCUT2D eigenvalue weighted by atomic mass is 10.1. The number of aliphatic hydroxyl groups excluding tert-OH is 1. The first-order valence-electron chi connectivity index (χ1n) is 13.3. The van der Waals surface area contributed by atoms with Crippen LogP contribution < -0.4 is 14.8 Å². The number of nitrogens with zero attached hydrogens (tertiary/aromatic N) is 5. The number of aromatic hydroxyl groups is 1. The first kappa shape index (κ1) is 28.7. The van der Waals surface area contributed by atoms with Crippen molar-refractivity contribution in [3.05, 3.63) is 78.8 Å². The van der Waals surface area contributed by atoms with Gasteiger partial charge in [-0.25, -0.2) is 14.6 Å². The minimum atomic E-state index is -0.847. The molecule has 3 N–H and O–H groups in total. The van der Waals surface area contributed by atoms with E-state index in [1.807, 2.05) is 36.4 Å². The maximum Gasteiger partial charge on any atom is 0.163 e. The van der Waals surface area contributed by atoms with Gasteiger partial charge in [-0.15, -0.1) is 5.10 Å². The molecule has 42 heavy (non-hydrogen) atoms. The van der Waals surface area contributed by atoms with Crippen molar-refractivity contribution < 1.29 is 29.2 Å². The number of hydrogen-bond donors (Lipinski definition) is 3. The molecule has 0 bridgehead atoms. The van der Waals surface area contributed by atoms with Gasteiger partial charge in [-0.3, -0.25) is 0 Å². The molecule has 2 heterocycles. The van der Waals surface area contributed by atoms with Gasteiger partial charge in [0.15, 0.2) is 11.5 Å². The predicted molar refractivity (Wildman–Crippen MR) is 156 cm³/mol. The Balaban J connectivity index is 1.36. The molecule has 0 amide bonds. The van der Waals surface area contributed by atoms with Crippen molar-refractivity contribution in [1.29, 1.82) is 0 Å². The largest absolute Gasteiger partial charge is 0.508 e. The van der Waals surface area contributed by atoms with Gasteiger partial charge in [-0.05, 0) is 35.9 Å². The maximum absolute atomic E-state index is 10.6. The summed E-state index contributed by atoms with van der Waals surface area (Å²) in [5, 5.41) is 32.9. The van der Waals surface area contributed by atoms with Gasteiger partial charge in [0, 0.05) is 36.9 Å². The Kier molecular flexibility index (Phi) is 9.39. The highest BCUT2D eigenvalue weighted by molar-refractivity contribution is 5.93. The van der Waals surface area contributed by atoms with Gasteiger partial charge >= 0.3 is 0 Å². The lowest BCUT2D eigenvalue weighted by Gasteiger charge is -2.15. The lowest BCUT2D eigenvalue weighted by molar-refractivity contribution is 0.132. The molecule has 0 aliphatic rings. The summed E-state index contributed by atoms with van der Waals surface area (Å²) in [6, 6.07) is 17.9. The third-order valence-electron chi connectivity index (χ3n) is 6.37. The monoisotopic (exact) mass is 572 g/mol. The fourth-order valence-electron chi connectivity index (χ4n) is 4.29. The molecule has 1 atom stereocenters. The molecule has 0 saturated heterocycles. The summed E-state index contributed by atoms with van der Waals surface area (Å²) in [7, 11) is 3.23. The Morgan fingerprint density at radius 3 is 2.40 bits per heavy atom. The van der Waals surface area contributed by atoms with Gasteiger partial charge < -0.3 is 34.5 Å². The van der Waals surface area contributed by atoms with Crippen molar-refractivity contribution in [2.75, 3.05) is 46.0 Å². The predicted octanol–water partition coefficient (Wildman–Crippen LogP) is 4.12. The van der Waals surface area contributed by atoms with Crippen LogP contribution in [0.3, 0.4) is 0 Å². The van der Waals surface area contributed by atoms with Crippen molar-refractivity contribution in [3.63, 3.8) is 0 Å². The lowest BCUT2D eigenvalue weighted by Crippen LogP contribution is -2.09. The number of nitrogens with one attached hydrogen (secondary N) is 1. The second kappa shape index (κ2) is 13.7. The Bertz CT molecular complexity index is 1630. The topological polar surface area (TPSA) is 146 Å². The van der Waals surface area contributed by atoms with Gasteiger partial charge in [0.25, 0.3) is 0 Å². The number of phenolic OH excluding ortho intramolecular Hbond substituents is 1. The number of phenols is 1. The number of rotatable bonds is 14. The molecule has 12 nitrogen and oxygen atoms in total. The van der Waals surface area contributed by atoms with Crippen LogP contribution in [0.5, 0.6) is 17.2 Å². The average molecular weight is 573 g/mol. The summed E-state index contributed by atoms with van der Waals surface area (Å²) in [6.45, 7) is 1.78. The van der Waals surface area contributed by atoms with Gasteiger partial charge in [0.2, 0.25) is 0 Å². The molecule has 0 fully saturated rings. The summed E-state index contributed by atoms with van der Waals surface area (Å²) in [6.07, 6.45) is 2.40. The number of hydrogen-bond acceptors (Lipinski definition) is 11. The van der Waals surface area contributed by atoms with Crippen LogP contribution in [0.25, 0.3) is 22.2 Å². The van der Waals surface area contributed by atoms with Crippen LogP contribution in [-0.2, 0) is 16.0 Å². The van der Waals surface area contributed by atoms with Gasteiger partial charge in [-0.2, -0.15) is 0 Å². The number of aromatic nitrogens is 5. The molecule has 12 heteroatoms. The number of methoxy groups -OCH3 is 2. The van der Waals surface area contributed by atoms with Crippen molar-refractivity contribution in [1.82, 2.24) is 25.0 Å². The Hall–Kier alpha value is -4.78. The fraction of sp³-hybridized carbons (Fsp3) is 0.267. The highest BCUT2D eigenvalue weighted by Gasteiger charge is 2.15. The van der Waals surface area contributed by atoms with Crippen LogP contribution in [0.15, 0.2) is 73.2 Å². The van der Waals surface area contributed by atoms with E-state index in [2.05, 4.69) is 25.6 Å². The second-order valence-electron chi connectivity index (χ2n) is 9.36. The molecule has 0 aliphatic heterocycles. The first-order chi connectivity index (χ1) is 20.5. The average Bonchev–Trinajstić information content (AvgIpc) is 3.46. The summed E-state index contributed by atoms with van der Waals surface area (Å²) >= 11 is 0. The Labute approximate surface area is 242 Å². The van der Waals surface area contributed by atoms with Crippen LogP contribution in [0.1, 0.15) is 11.7 Å². The highest BCUT2D eigenvalue weighted by Crippen LogP contribution is 2.35. The zero-order chi connectivity index (χ0) is 29.3. The quantitative estimate of drug-likeness (QED) is 0.165.